The van der Waals surface area contributed by atoms with Crippen molar-refractivity contribution in [1.29, 1.82) is 0 Å². The first-order chi connectivity index (χ1) is 9.37. The van der Waals surface area contributed by atoms with Gasteiger partial charge in [0.2, 0.25) is 11.8 Å². The molecule has 2 fully saturated rings. The minimum Gasteiger partial charge on any atom is -0.480 e. The van der Waals surface area contributed by atoms with Gasteiger partial charge < -0.3 is 5.11 Å². The molecule has 2 rings (SSSR count). The smallest absolute Gasteiger partial charge is 0.326 e. The second-order valence-corrected chi connectivity index (χ2v) is 6.57. The van der Waals surface area contributed by atoms with Crippen molar-refractivity contribution < 1.29 is 19.5 Å². The monoisotopic (exact) mass is 281 g/mol. The Labute approximate surface area is 119 Å². The molecule has 1 spiro atoms. The van der Waals surface area contributed by atoms with Gasteiger partial charge in [0.25, 0.3) is 0 Å². The average Bonchev–Trinajstić information content (AvgIpc) is 2.59. The van der Waals surface area contributed by atoms with Crippen LogP contribution in [-0.2, 0) is 14.4 Å². The number of likely N-dealkylation sites (tertiary alicyclic amines) is 1. The summed E-state index contributed by atoms with van der Waals surface area (Å²) < 4.78 is 0. The zero-order valence-corrected chi connectivity index (χ0v) is 12.2. The molecular weight excluding hydrogens is 258 g/mol. The number of imide groups is 1. The summed E-state index contributed by atoms with van der Waals surface area (Å²) in [7, 11) is 0. The number of carbonyl (C=O) groups excluding carboxylic acids is 2. The van der Waals surface area contributed by atoms with Crippen molar-refractivity contribution in [2.45, 2.75) is 64.8 Å². The molecule has 1 aliphatic carbocycles. The summed E-state index contributed by atoms with van der Waals surface area (Å²) in [6.07, 6.45) is 4.97. The Kier molecular flexibility index (Phi) is 4.16. The molecule has 1 saturated carbocycles. The van der Waals surface area contributed by atoms with Crippen LogP contribution in [-0.4, -0.2) is 33.8 Å². The van der Waals surface area contributed by atoms with E-state index in [2.05, 4.69) is 0 Å². The van der Waals surface area contributed by atoms with Crippen molar-refractivity contribution in [3.63, 3.8) is 0 Å². The van der Waals surface area contributed by atoms with Crippen LogP contribution in [0.5, 0.6) is 0 Å². The minimum atomic E-state index is -1.08. The lowest BCUT2D eigenvalue weighted by atomic mass is 9.73. The fourth-order valence-corrected chi connectivity index (χ4v) is 3.52. The van der Waals surface area contributed by atoms with E-state index in [9.17, 15) is 19.5 Å². The molecule has 1 heterocycles. The number of hydrogen-bond acceptors (Lipinski definition) is 3. The third-order valence-corrected chi connectivity index (χ3v) is 4.53. The van der Waals surface area contributed by atoms with E-state index in [1.165, 1.54) is 0 Å². The maximum atomic E-state index is 12.7. The molecule has 1 atom stereocenters. The number of carboxylic acids is 1. The van der Waals surface area contributed by atoms with Crippen LogP contribution in [0.25, 0.3) is 0 Å². The normalized spacial score (nSPS) is 23.6. The van der Waals surface area contributed by atoms with Gasteiger partial charge in [0.15, 0.2) is 0 Å². The van der Waals surface area contributed by atoms with E-state index in [1.54, 1.807) is 0 Å². The molecule has 0 aromatic heterocycles. The highest BCUT2D eigenvalue weighted by molar-refractivity contribution is 6.08. The molecule has 112 valence electrons. The van der Waals surface area contributed by atoms with Gasteiger partial charge >= 0.3 is 5.97 Å². The van der Waals surface area contributed by atoms with Crippen molar-refractivity contribution in [2.75, 3.05) is 0 Å². The SMILES string of the molecule is CC(C)C[C@H](C(=O)O)N1C(=O)CC2(CCCCC2)C1=O. The van der Waals surface area contributed by atoms with Gasteiger partial charge in [0, 0.05) is 6.42 Å². The Balaban J connectivity index is 2.24. The van der Waals surface area contributed by atoms with Gasteiger partial charge in [-0.2, -0.15) is 0 Å². The lowest BCUT2D eigenvalue weighted by molar-refractivity contribution is -0.156. The third kappa shape index (κ3) is 2.58. The fraction of sp³-hybridized carbons (Fsp3) is 0.800. The van der Waals surface area contributed by atoms with Crippen molar-refractivity contribution in [1.82, 2.24) is 4.90 Å². The summed E-state index contributed by atoms with van der Waals surface area (Å²) in [6, 6.07) is -1.00. The van der Waals surface area contributed by atoms with Crippen LogP contribution < -0.4 is 0 Å². The topological polar surface area (TPSA) is 74.7 Å². The van der Waals surface area contributed by atoms with Crippen LogP contribution >= 0.6 is 0 Å². The predicted molar refractivity (Wildman–Crippen MR) is 72.9 cm³/mol. The van der Waals surface area contributed by atoms with Crippen molar-refractivity contribution in [2.24, 2.45) is 11.3 Å². The molecule has 5 heteroatoms. The predicted octanol–water partition coefficient (Wildman–Crippen LogP) is 2.20. The molecule has 2 amide bonds. The highest BCUT2D eigenvalue weighted by atomic mass is 16.4. The Hall–Kier alpha value is -1.39. The lowest BCUT2D eigenvalue weighted by Crippen LogP contribution is -2.47. The van der Waals surface area contributed by atoms with E-state index >= 15 is 0 Å². The Morgan fingerprint density at radius 2 is 1.85 bits per heavy atom. The van der Waals surface area contributed by atoms with Crippen LogP contribution in [0.1, 0.15) is 58.8 Å². The van der Waals surface area contributed by atoms with Crippen molar-refractivity contribution in [3.8, 4) is 0 Å². The molecule has 2 aliphatic rings. The Morgan fingerprint density at radius 1 is 1.25 bits per heavy atom. The summed E-state index contributed by atoms with van der Waals surface area (Å²) in [4.78, 5) is 37.4. The largest absolute Gasteiger partial charge is 0.480 e. The summed E-state index contributed by atoms with van der Waals surface area (Å²) in [5, 5.41) is 9.36. The molecule has 20 heavy (non-hydrogen) atoms. The standard InChI is InChI=1S/C15H23NO4/c1-10(2)8-11(13(18)19)16-12(17)9-15(14(16)20)6-4-3-5-7-15/h10-11H,3-9H2,1-2H3,(H,18,19)/t11-/m1/s1. The van der Waals surface area contributed by atoms with E-state index in [4.69, 9.17) is 0 Å². The van der Waals surface area contributed by atoms with E-state index in [1.807, 2.05) is 13.8 Å². The first-order valence-electron chi connectivity index (χ1n) is 7.47. The van der Waals surface area contributed by atoms with E-state index in [0.717, 1.165) is 37.0 Å². The van der Waals surface area contributed by atoms with Gasteiger partial charge in [0.1, 0.15) is 6.04 Å². The summed E-state index contributed by atoms with van der Waals surface area (Å²) in [5.74, 6) is -1.49. The fourth-order valence-electron chi connectivity index (χ4n) is 3.52. The van der Waals surface area contributed by atoms with Crippen LogP contribution in [0.3, 0.4) is 0 Å². The van der Waals surface area contributed by atoms with E-state index in [0.29, 0.717) is 6.42 Å². The molecule has 1 saturated heterocycles. The highest BCUT2D eigenvalue weighted by Gasteiger charge is 2.54. The van der Waals surface area contributed by atoms with Gasteiger partial charge in [-0.25, -0.2) is 4.79 Å². The summed E-state index contributed by atoms with van der Waals surface area (Å²) in [5.41, 5.74) is -0.597. The second-order valence-electron chi connectivity index (χ2n) is 6.57. The maximum absolute atomic E-state index is 12.7. The zero-order chi connectivity index (χ0) is 14.9. The number of hydrogen-bond donors (Lipinski definition) is 1. The Bertz CT molecular complexity index is 424. The van der Waals surface area contributed by atoms with Gasteiger partial charge in [-0.3, -0.25) is 14.5 Å². The molecule has 0 unspecified atom stereocenters. The van der Waals surface area contributed by atoms with Crippen LogP contribution in [0.15, 0.2) is 0 Å². The second kappa shape index (κ2) is 5.54. The zero-order valence-electron chi connectivity index (χ0n) is 12.2. The number of carboxylic acid groups (broad SMARTS) is 1. The highest BCUT2D eigenvalue weighted by Crippen LogP contribution is 2.46. The molecule has 0 bridgehead atoms. The molecule has 0 radical (unpaired) electrons. The van der Waals surface area contributed by atoms with Crippen LogP contribution in [0.2, 0.25) is 0 Å². The minimum absolute atomic E-state index is 0.125. The molecule has 0 aromatic carbocycles. The number of amides is 2. The maximum Gasteiger partial charge on any atom is 0.326 e. The van der Waals surface area contributed by atoms with Gasteiger partial charge in [-0.05, 0) is 25.2 Å². The number of rotatable bonds is 4. The summed E-state index contributed by atoms with van der Waals surface area (Å²) in [6.45, 7) is 3.80. The number of aliphatic carboxylic acids is 1. The van der Waals surface area contributed by atoms with Crippen molar-refractivity contribution in [3.05, 3.63) is 0 Å². The van der Waals surface area contributed by atoms with Gasteiger partial charge in [-0.1, -0.05) is 33.1 Å². The number of carbonyl (C=O) groups is 3. The number of nitrogens with zero attached hydrogens (tertiary/aromatic N) is 1. The molecule has 0 aromatic rings. The summed E-state index contributed by atoms with van der Waals surface area (Å²) >= 11 is 0. The van der Waals surface area contributed by atoms with Crippen LogP contribution in [0, 0.1) is 11.3 Å². The van der Waals surface area contributed by atoms with Gasteiger partial charge in [0.05, 0.1) is 5.41 Å². The molecular formula is C15H23NO4. The van der Waals surface area contributed by atoms with E-state index < -0.39 is 17.4 Å². The molecule has 1 N–H and O–H groups in total. The van der Waals surface area contributed by atoms with Crippen LogP contribution in [0.4, 0.5) is 0 Å². The first kappa shape index (κ1) is 15.0. The first-order valence-corrected chi connectivity index (χ1v) is 7.47. The molecule has 5 nitrogen and oxygen atoms in total. The van der Waals surface area contributed by atoms with E-state index in [-0.39, 0.29) is 24.2 Å². The lowest BCUT2D eigenvalue weighted by Gasteiger charge is -2.32. The molecule has 1 aliphatic heterocycles. The quantitative estimate of drug-likeness (QED) is 0.802. The van der Waals surface area contributed by atoms with Crippen molar-refractivity contribution >= 4 is 17.8 Å². The third-order valence-electron chi connectivity index (χ3n) is 4.53. The average molecular weight is 281 g/mol. The Morgan fingerprint density at radius 3 is 2.35 bits per heavy atom. The van der Waals surface area contributed by atoms with Gasteiger partial charge in [-0.15, -0.1) is 0 Å².